The number of rotatable bonds is 35. The van der Waals surface area contributed by atoms with E-state index in [0.29, 0.717) is 133 Å². The molecule has 7 aliphatic rings. The van der Waals surface area contributed by atoms with Gasteiger partial charge in [0.15, 0.2) is 40.4 Å². The maximum atomic E-state index is 12.1. The fraction of sp³-hybridized carbons (Fsp3) is 0.363. The Morgan fingerprint density at radius 2 is 0.864 bits per heavy atom. The molecule has 0 unspecified atom stereocenters. The van der Waals surface area contributed by atoms with Crippen LogP contribution in [0.15, 0.2) is 264 Å². The quantitative estimate of drug-likeness (QED) is 0.0130. The third kappa shape index (κ3) is 27.1. The number of allylic oxidation sites excluding steroid dienone is 14. The lowest BCUT2D eigenvalue weighted by Crippen LogP contribution is -2.33. The third-order valence-electron chi connectivity index (χ3n) is 24.0. The number of pyridine rings is 5. The normalized spacial score (nSPS) is 17.4. The number of Topliss-reactive ketones (excluding diaryl/α,β-unsaturated/α-hetero) is 1. The molecule has 5 aliphatic carbocycles. The number of nitrogens with one attached hydrogen (secondary N) is 4. The molecule has 2 fully saturated rings. The molecule has 0 atom stereocenters. The largest absolute Gasteiger partial charge is 0.489 e. The van der Waals surface area contributed by atoms with Crippen molar-refractivity contribution in [2.45, 2.75) is 100 Å². The number of fused-ring (bicyclic) bond motifs is 5. The number of ketones is 4. The summed E-state index contributed by atoms with van der Waals surface area (Å²) in [6.07, 6.45) is 35.2. The van der Waals surface area contributed by atoms with Crippen LogP contribution in [0, 0.1) is 5.41 Å². The number of anilines is 3. The van der Waals surface area contributed by atoms with Crippen molar-refractivity contribution in [3.63, 3.8) is 0 Å². The number of aliphatic hydroxyl groups excluding tert-OH is 1. The van der Waals surface area contributed by atoms with Crippen LogP contribution in [0.25, 0.3) is 27.6 Å². The monoisotopic (exact) mass is 1920 g/mol. The maximum Gasteiger partial charge on any atom is 0.260 e. The third-order valence-corrected chi connectivity index (χ3v) is 24.4. The summed E-state index contributed by atoms with van der Waals surface area (Å²) in [4.78, 5) is 82.7. The molecular formula is C102H128ClN29O8. The first kappa shape index (κ1) is 103. The van der Waals surface area contributed by atoms with Crippen molar-refractivity contribution in [3.05, 3.63) is 239 Å². The number of piperidine rings is 2. The summed E-state index contributed by atoms with van der Waals surface area (Å²) in [6.45, 7) is 34.7. The summed E-state index contributed by atoms with van der Waals surface area (Å²) in [5.41, 5.74) is 42.4. The molecule has 0 saturated carbocycles. The van der Waals surface area contributed by atoms with Gasteiger partial charge in [-0.25, -0.2) is 47.5 Å². The molecule has 15 N–H and O–H groups in total. The Balaban J connectivity index is 0.000000147. The van der Waals surface area contributed by atoms with Crippen LogP contribution in [0.2, 0.25) is 0 Å². The Labute approximate surface area is 819 Å². The topological polar surface area (TPSA) is 471 Å². The molecule has 0 radical (unpaired) electrons. The summed E-state index contributed by atoms with van der Waals surface area (Å²) < 4.78 is 26.2. The first-order valence-corrected chi connectivity index (χ1v) is 48.2. The summed E-state index contributed by atoms with van der Waals surface area (Å²) in [5, 5.41) is 50.4. The molecule has 38 heteroatoms. The van der Waals surface area contributed by atoms with Crippen molar-refractivity contribution >= 4 is 142 Å². The van der Waals surface area contributed by atoms with Crippen molar-refractivity contribution in [1.29, 1.82) is 5.41 Å². The van der Waals surface area contributed by atoms with E-state index in [9.17, 15) is 19.2 Å². The first-order chi connectivity index (χ1) is 68.0. The molecule has 10 aromatic heterocycles. The fourth-order valence-corrected chi connectivity index (χ4v) is 16.4. The fourth-order valence-electron chi connectivity index (χ4n) is 16.2. The first-order valence-electron chi connectivity index (χ1n) is 47.9. The van der Waals surface area contributed by atoms with Gasteiger partial charge in [0.05, 0.1) is 85.5 Å². The van der Waals surface area contributed by atoms with E-state index in [-0.39, 0.29) is 52.8 Å². The second-order valence-electron chi connectivity index (χ2n) is 33.8. The van der Waals surface area contributed by atoms with Crippen molar-refractivity contribution in [1.82, 2.24) is 72.6 Å². The van der Waals surface area contributed by atoms with Gasteiger partial charge < -0.3 is 83.5 Å². The number of ether oxygens (including phenoxy) is 3. The van der Waals surface area contributed by atoms with Crippen LogP contribution in [0.1, 0.15) is 100 Å². The van der Waals surface area contributed by atoms with Crippen LogP contribution in [-0.2, 0) is 23.9 Å². The number of carbonyl (C=O) groups is 4. The maximum absolute atomic E-state index is 12.1. The van der Waals surface area contributed by atoms with Crippen LogP contribution < -0.4 is 54.1 Å². The highest BCUT2D eigenvalue weighted by Crippen LogP contribution is 2.38. The highest BCUT2D eigenvalue weighted by Gasteiger charge is 2.28. The molecule has 17 rings (SSSR count). The van der Waals surface area contributed by atoms with E-state index in [1.165, 1.54) is 68.9 Å². The highest BCUT2D eigenvalue weighted by atomic mass is 35.5. The summed E-state index contributed by atoms with van der Waals surface area (Å²) >= 11 is 6.12. The molecule has 10 aromatic rings. The summed E-state index contributed by atoms with van der Waals surface area (Å²) in [6, 6.07) is 28.9. The zero-order valence-electron chi connectivity index (χ0n) is 80.9. The second-order valence-corrected chi connectivity index (χ2v) is 34.1. The van der Waals surface area contributed by atoms with E-state index in [1.807, 2.05) is 122 Å². The molecule has 0 aromatic carbocycles. The minimum atomic E-state index is -0.261. The smallest absolute Gasteiger partial charge is 0.260 e. The molecule has 0 bridgehead atoms. The zero-order valence-corrected chi connectivity index (χ0v) is 81.7. The number of carbonyl (C=O) groups excluding carboxylic acids is 4. The molecule has 0 amide bonds. The minimum Gasteiger partial charge on any atom is -0.489 e. The van der Waals surface area contributed by atoms with E-state index in [4.69, 9.17) is 80.0 Å². The Morgan fingerprint density at radius 3 is 1.37 bits per heavy atom. The molecule has 140 heavy (non-hydrogen) atoms. The van der Waals surface area contributed by atoms with Gasteiger partial charge in [-0.15, -0.1) is 25.5 Å². The number of hydrogen-bond acceptors (Lipinski definition) is 32. The number of aliphatic imine (C=N–C) groups is 5. The summed E-state index contributed by atoms with van der Waals surface area (Å²) in [7, 11) is 0. The highest BCUT2D eigenvalue weighted by molar-refractivity contribution is 6.51. The average Bonchev–Trinajstić information content (AvgIpc) is 1.66. The second kappa shape index (κ2) is 50.6. The number of aromatic nitrogens is 10. The minimum absolute atomic E-state index is 0.0137. The van der Waals surface area contributed by atoms with Crippen LogP contribution >= 0.6 is 11.6 Å². The summed E-state index contributed by atoms with van der Waals surface area (Å²) in [5.74, 6) is 2.64. The van der Waals surface area contributed by atoms with E-state index in [0.717, 1.165) is 157 Å². The lowest BCUT2D eigenvalue weighted by Gasteiger charge is -2.26. The number of likely N-dealkylation sites (tertiary alicyclic amines) is 2. The van der Waals surface area contributed by atoms with Gasteiger partial charge in [0, 0.05) is 119 Å². The van der Waals surface area contributed by atoms with E-state index < -0.39 is 0 Å². The molecule has 2 saturated heterocycles. The molecule has 37 nitrogen and oxygen atoms in total. The average molecular weight is 1920 g/mol. The Kier molecular flexibility index (Phi) is 37.2. The molecule has 0 spiro atoms. The van der Waals surface area contributed by atoms with Gasteiger partial charge in [-0.2, -0.15) is 0 Å². The van der Waals surface area contributed by atoms with Crippen molar-refractivity contribution in [2.75, 3.05) is 160 Å². The molecule has 736 valence electrons. The lowest BCUT2D eigenvalue weighted by atomic mass is 10.0. The predicted octanol–water partition coefficient (Wildman–Crippen LogP) is 12.5. The predicted molar refractivity (Wildman–Crippen MR) is 557 cm³/mol. The van der Waals surface area contributed by atoms with Crippen molar-refractivity contribution in [2.24, 2.45) is 53.6 Å². The van der Waals surface area contributed by atoms with Gasteiger partial charge in [-0.3, -0.25) is 29.5 Å². The number of halogens is 1. The van der Waals surface area contributed by atoms with Gasteiger partial charge >= 0.3 is 0 Å². The van der Waals surface area contributed by atoms with Gasteiger partial charge in [0.25, 0.3) is 11.8 Å². The SMILES string of the molecule is CC1=CC(=Nc2c(NCCN3CCCCC3)nn3ccccc23)C(N)=C(Cl)C1=O.CCCN(CC)CCNc1nn2ccccc2c1N=C1C=C(C)C(=O)C=C1N.CCN(CC)CCNc1nn2ccccc2c1N=C1C=C(OCCO)C(N)=CC1=N.CCN(CC)CCOc1nn2ccccc2c1N=C1C=CC(N)=CC1=O.NC1=CC(=O)C=CC1=Nc1c(OCCN2CCCCC2)nn2ccccc12. The van der Waals surface area contributed by atoms with Crippen molar-refractivity contribution < 1.29 is 38.5 Å². The number of nitrogens with two attached hydrogens (primary N) is 5. The van der Waals surface area contributed by atoms with Crippen LogP contribution in [0.3, 0.4) is 0 Å². The van der Waals surface area contributed by atoms with E-state index in [2.05, 4.69) is 117 Å². The standard InChI is InChI=1S/C21H25ClN6O.C21H29N7O2.C21H28N6O.C20H23N5O2.C19H23N5O2/c1-14-13-15(18(23)17(22)20(14)29)25-19-16-7-3-6-11-28(16)26-21(19)24-8-12-27-9-4-2-5-10-27;1-3-27(4-2)10-8-24-21-20(18-7-5-6-9-28(18)26-21)25-17-14-19(30-12-11-29)16(23)13-15(17)22;1-4-10-26(5-2)12-9-23-21-20(18-8-6-7-11-27(18)25-21)24-17-13-15(3)19(28)14-16(17)22;21-16-14-15(26)7-8-17(16)22-19-18-6-2-5-11-25(18)23-20(19)27-13-12-24-9-3-1-4-10-24;1-3-23(4-2)11-12-26-19-18(16-7-5-6-10-24(16)22-19)21-15-9-8-14(20)13-17(15)25/h3,6-7,11,13H,2,4-5,8-10,12,23H2,1H3,(H,24,26);5-7,9,13-14,22,29H,3-4,8,10-12,23H2,1-2H3,(H,24,26);6-8,11,13-14H,4-5,9-10,12,22H2,1-3H3,(H,23,25);2,5-8,11,14H,1,3-4,9-10,12-13,21H2;5-10,13H,3-4,11-12,20H2,1-2H3. The number of aliphatic hydroxyl groups is 1. The number of likely N-dealkylation sites (N-methyl/N-ethyl adjacent to an activating group) is 3. The van der Waals surface area contributed by atoms with E-state index in [1.54, 1.807) is 72.9 Å². The van der Waals surface area contributed by atoms with Gasteiger partial charge in [0.1, 0.15) is 53.4 Å². The Bertz CT molecular complexity index is 6620. The number of hydrogen-bond donors (Lipinski definition) is 10. The van der Waals surface area contributed by atoms with Gasteiger partial charge in [-0.1, -0.05) is 96.3 Å². The Hall–Kier alpha value is -14.6. The van der Waals surface area contributed by atoms with Crippen LogP contribution in [0.5, 0.6) is 11.8 Å². The molecule has 12 heterocycles. The van der Waals surface area contributed by atoms with Crippen molar-refractivity contribution in [3.8, 4) is 11.8 Å². The molecular weight excluding hydrogens is 1790 g/mol. The van der Waals surface area contributed by atoms with Gasteiger partial charge in [0.2, 0.25) is 11.6 Å². The molecule has 2 aliphatic heterocycles. The Morgan fingerprint density at radius 1 is 0.421 bits per heavy atom. The number of nitrogens with zero attached hydrogens (tertiary/aromatic N) is 20. The van der Waals surface area contributed by atoms with Crippen LogP contribution in [0.4, 0.5) is 45.9 Å². The van der Waals surface area contributed by atoms with E-state index >= 15 is 0 Å². The van der Waals surface area contributed by atoms with Gasteiger partial charge in [-0.05, 0) is 220 Å². The lowest BCUT2D eigenvalue weighted by molar-refractivity contribution is -0.112. The van der Waals surface area contributed by atoms with Crippen LogP contribution in [-0.4, -0.2) is 279 Å². The zero-order chi connectivity index (χ0) is 99.1.